The standard InChI is InChI=1S/C7H4ClF3INO/c1-3-4(12)2-5(6(8)13-3)14-7(9,10)11/h2H,1H3. The molecular formula is C7H4ClF3INO. The second-order valence-electron chi connectivity index (χ2n) is 2.39. The van der Waals surface area contributed by atoms with Gasteiger partial charge in [-0.1, -0.05) is 11.6 Å². The zero-order valence-electron chi connectivity index (χ0n) is 6.82. The van der Waals surface area contributed by atoms with Gasteiger partial charge in [0.15, 0.2) is 10.9 Å². The summed E-state index contributed by atoms with van der Waals surface area (Å²) in [5.74, 6) is -0.478. The number of aryl methyl sites for hydroxylation is 1. The van der Waals surface area contributed by atoms with Crippen molar-refractivity contribution in [2.24, 2.45) is 0 Å². The van der Waals surface area contributed by atoms with Crippen molar-refractivity contribution in [3.05, 3.63) is 20.5 Å². The molecule has 0 amide bonds. The lowest BCUT2D eigenvalue weighted by molar-refractivity contribution is -0.274. The summed E-state index contributed by atoms with van der Waals surface area (Å²) in [5, 5.41) is -0.291. The molecule has 7 heteroatoms. The first-order chi connectivity index (χ1) is 6.29. The Kier molecular flexibility index (Phi) is 3.46. The lowest BCUT2D eigenvalue weighted by Crippen LogP contribution is -2.17. The number of pyridine rings is 1. The maximum Gasteiger partial charge on any atom is 0.573 e. The molecule has 0 aliphatic heterocycles. The molecule has 78 valence electrons. The summed E-state index contributed by atoms with van der Waals surface area (Å²) in [6.45, 7) is 1.64. The van der Waals surface area contributed by atoms with Gasteiger partial charge in [-0.3, -0.25) is 0 Å². The molecule has 0 unspecified atom stereocenters. The predicted octanol–water partition coefficient (Wildman–Crippen LogP) is 3.55. The molecule has 0 radical (unpaired) electrons. The molecule has 0 fully saturated rings. The molecule has 1 aromatic heterocycles. The monoisotopic (exact) mass is 337 g/mol. The summed E-state index contributed by atoms with van der Waals surface area (Å²) >= 11 is 7.32. The van der Waals surface area contributed by atoms with E-state index in [9.17, 15) is 13.2 Å². The molecule has 0 aliphatic carbocycles. The molecule has 0 atom stereocenters. The first-order valence-corrected chi connectivity index (χ1v) is 4.83. The van der Waals surface area contributed by atoms with E-state index < -0.39 is 12.1 Å². The van der Waals surface area contributed by atoms with Crippen molar-refractivity contribution >= 4 is 34.2 Å². The zero-order chi connectivity index (χ0) is 10.9. The Bertz CT molecular complexity index is 356. The number of rotatable bonds is 1. The lowest BCUT2D eigenvalue weighted by atomic mass is 10.4. The van der Waals surface area contributed by atoms with Gasteiger partial charge in [0, 0.05) is 3.57 Å². The van der Waals surface area contributed by atoms with Crippen LogP contribution in [0.15, 0.2) is 6.07 Å². The third-order valence-electron chi connectivity index (χ3n) is 1.30. The quantitative estimate of drug-likeness (QED) is 0.577. The summed E-state index contributed by atoms with van der Waals surface area (Å²) in [7, 11) is 0. The highest BCUT2D eigenvalue weighted by Gasteiger charge is 2.32. The van der Waals surface area contributed by atoms with Gasteiger partial charge in [-0.15, -0.1) is 13.2 Å². The highest BCUT2D eigenvalue weighted by Crippen LogP contribution is 2.30. The Balaban J connectivity index is 3.04. The van der Waals surface area contributed by atoms with E-state index >= 15 is 0 Å². The predicted molar refractivity (Wildman–Crippen MR) is 53.4 cm³/mol. The van der Waals surface area contributed by atoms with Gasteiger partial charge in [0.2, 0.25) is 0 Å². The third kappa shape index (κ3) is 3.16. The minimum absolute atomic E-state index is 0.291. The van der Waals surface area contributed by atoms with Crippen LogP contribution in [0.5, 0.6) is 5.75 Å². The maximum atomic E-state index is 11.8. The van der Waals surface area contributed by atoms with Crippen molar-refractivity contribution in [2.75, 3.05) is 0 Å². The number of nitrogens with zero attached hydrogens (tertiary/aromatic N) is 1. The molecule has 0 N–H and O–H groups in total. The normalized spacial score (nSPS) is 11.6. The number of alkyl halides is 3. The highest BCUT2D eigenvalue weighted by atomic mass is 127. The minimum Gasteiger partial charge on any atom is -0.402 e. The third-order valence-corrected chi connectivity index (χ3v) is 2.66. The number of ether oxygens (including phenoxy) is 1. The number of halogens is 5. The van der Waals surface area contributed by atoms with Gasteiger partial charge in [0.1, 0.15) is 0 Å². The van der Waals surface area contributed by atoms with Gasteiger partial charge in [0.25, 0.3) is 0 Å². The van der Waals surface area contributed by atoms with Crippen LogP contribution in [0, 0.1) is 10.5 Å². The van der Waals surface area contributed by atoms with E-state index in [4.69, 9.17) is 11.6 Å². The molecule has 0 saturated heterocycles. The molecular weight excluding hydrogens is 333 g/mol. The number of aromatic nitrogens is 1. The average molecular weight is 337 g/mol. The Morgan fingerprint density at radius 3 is 2.57 bits per heavy atom. The number of hydrogen-bond donors (Lipinski definition) is 0. The SMILES string of the molecule is Cc1nc(Cl)c(OC(F)(F)F)cc1I. The van der Waals surface area contributed by atoms with Crippen LogP contribution in [-0.2, 0) is 0 Å². The van der Waals surface area contributed by atoms with Crippen molar-refractivity contribution in [1.29, 1.82) is 0 Å². The van der Waals surface area contributed by atoms with E-state index in [1.807, 2.05) is 22.6 Å². The van der Waals surface area contributed by atoms with Crippen LogP contribution in [0.25, 0.3) is 0 Å². The Hall–Kier alpha value is -0.240. The molecule has 0 aromatic carbocycles. The summed E-state index contributed by atoms with van der Waals surface area (Å²) < 4.78 is 39.8. The van der Waals surface area contributed by atoms with Crippen LogP contribution in [0.3, 0.4) is 0 Å². The smallest absolute Gasteiger partial charge is 0.402 e. The van der Waals surface area contributed by atoms with E-state index in [1.54, 1.807) is 6.92 Å². The van der Waals surface area contributed by atoms with E-state index in [2.05, 4.69) is 9.72 Å². The fraction of sp³-hybridized carbons (Fsp3) is 0.286. The lowest BCUT2D eigenvalue weighted by Gasteiger charge is -2.10. The van der Waals surface area contributed by atoms with Crippen LogP contribution in [-0.4, -0.2) is 11.3 Å². The van der Waals surface area contributed by atoms with Gasteiger partial charge in [-0.05, 0) is 35.6 Å². The van der Waals surface area contributed by atoms with Gasteiger partial charge < -0.3 is 4.74 Å². The van der Waals surface area contributed by atoms with E-state index in [-0.39, 0.29) is 5.15 Å². The zero-order valence-corrected chi connectivity index (χ0v) is 9.74. The largest absolute Gasteiger partial charge is 0.573 e. The van der Waals surface area contributed by atoms with Gasteiger partial charge in [0.05, 0.1) is 5.69 Å². The first-order valence-electron chi connectivity index (χ1n) is 3.38. The highest BCUT2D eigenvalue weighted by molar-refractivity contribution is 14.1. The van der Waals surface area contributed by atoms with Gasteiger partial charge in [-0.25, -0.2) is 4.98 Å². The van der Waals surface area contributed by atoms with Crippen molar-refractivity contribution < 1.29 is 17.9 Å². The van der Waals surface area contributed by atoms with E-state index in [0.717, 1.165) is 0 Å². The molecule has 2 nitrogen and oxygen atoms in total. The van der Waals surface area contributed by atoms with Crippen molar-refractivity contribution in [2.45, 2.75) is 13.3 Å². The molecule has 0 saturated carbocycles. The van der Waals surface area contributed by atoms with E-state index in [1.165, 1.54) is 6.07 Å². The summed E-state index contributed by atoms with van der Waals surface area (Å²) in [6, 6.07) is 1.19. The Labute approximate surface area is 96.6 Å². The fourth-order valence-electron chi connectivity index (χ4n) is 0.731. The molecule has 14 heavy (non-hydrogen) atoms. The minimum atomic E-state index is -4.75. The first kappa shape index (κ1) is 11.8. The van der Waals surface area contributed by atoms with Crippen molar-refractivity contribution in [3.63, 3.8) is 0 Å². The molecule has 0 spiro atoms. The van der Waals surface area contributed by atoms with Gasteiger partial charge >= 0.3 is 6.36 Å². The van der Waals surface area contributed by atoms with Gasteiger partial charge in [-0.2, -0.15) is 0 Å². The van der Waals surface area contributed by atoms with Crippen LogP contribution in [0.2, 0.25) is 5.15 Å². The number of hydrogen-bond acceptors (Lipinski definition) is 2. The summed E-state index contributed by atoms with van der Waals surface area (Å²) in [4.78, 5) is 3.69. The molecule has 0 aliphatic rings. The average Bonchev–Trinajstić information content (AvgIpc) is 1.97. The van der Waals surface area contributed by atoms with Crippen molar-refractivity contribution in [1.82, 2.24) is 4.98 Å². The molecule has 1 heterocycles. The molecule has 1 aromatic rings. The molecule has 0 bridgehead atoms. The Morgan fingerprint density at radius 1 is 1.50 bits per heavy atom. The van der Waals surface area contributed by atoms with Crippen molar-refractivity contribution in [3.8, 4) is 5.75 Å². The van der Waals surface area contributed by atoms with Crippen LogP contribution < -0.4 is 4.74 Å². The topological polar surface area (TPSA) is 22.1 Å². The van der Waals surface area contributed by atoms with E-state index in [0.29, 0.717) is 9.26 Å². The fourth-order valence-corrected chi connectivity index (χ4v) is 1.35. The summed E-state index contributed by atoms with van der Waals surface area (Å²) in [5.41, 5.74) is 0.560. The summed E-state index contributed by atoms with van der Waals surface area (Å²) in [6.07, 6.45) is -4.75. The second kappa shape index (κ2) is 4.09. The molecule has 1 rings (SSSR count). The van der Waals surface area contributed by atoms with Crippen LogP contribution in [0.1, 0.15) is 5.69 Å². The van der Waals surface area contributed by atoms with Crippen LogP contribution in [0.4, 0.5) is 13.2 Å². The maximum absolute atomic E-state index is 11.8. The Morgan fingerprint density at radius 2 is 2.07 bits per heavy atom. The second-order valence-corrected chi connectivity index (χ2v) is 3.91. The van der Waals surface area contributed by atoms with Crippen LogP contribution >= 0.6 is 34.2 Å².